The van der Waals surface area contributed by atoms with Crippen molar-refractivity contribution in [3.8, 4) is 17.6 Å². The first-order chi connectivity index (χ1) is 15.6. The molecule has 0 radical (unpaired) electrons. The summed E-state index contributed by atoms with van der Waals surface area (Å²) in [6.45, 7) is 9.13. The number of para-hydroxylation sites is 1. The van der Waals surface area contributed by atoms with Gasteiger partial charge in [-0.15, -0.1) is 0 Å². The van der Waals surface area contributed by atoms with Crippen LogP contribution < -0.4 is 4.74 Å². The number of ether oxygens (including phenoxy) is 3. The highest BCUT2D eigenvalue weighted by atomic mass is 16.5. The number of esters is 2. The van der Waals surface area contributed by atoms with Crippen molar-refractivity contribution in [1.82, 2.24) is 0 Å². The maximum Gasteiger partial charge on any atom is 0.333 e. The van der Waals surface area contributed by atoms with Gasteiger partial charge in [0.25, 0.3) is 0 Å². The van der Waals surface area contributed by atoms with Crippen LogP contribution in [-0.4, -0.2) is 18.0 Å². The number of carbonyl (C=O) groups excluding carboxylic acids is 2. The molecule has 3 unspecified atom stereocenters. The highest BCUT2D eigenvalue weighted by Gasteiger charge is 2.62. The van der Waals surface area contributed by atoms with E-state index in [9.17, 15) is 14.9 Å². The van der Waals surface area contributed by atoms with Crippen LogP contribution in [0.25, 0.3) is 0 Å². The average Bonchev–Trinajstić information content (AvgIpc) is 3.31. The monoisotopic (exact) mass is 447 g/mol. The van der Waals surface area contributed by atoms with Crippen molar-refractivity contribution < 1.29 is 23.8 Å². The summed E-state index contributed by atoms with van der Waals surface area (Å²) < 4.78 is 16.6. The third kappa shape index (κ3) is 5.81. The number of nitriles is 1. The van der Waals surface area contributed by atoms with Gasteiger partial charge in [0, 0.05) is 11.1 Å². The lowest BCUT2D eigenvalue weighted by Gasteiger charge is -2.13. The van der Waals surface area contributed by atoms with Gasteiger partial charge in [0.1, 0.15) is 17.6 Å². The minimum absolute atomic E-state index is 0.170. The van der Waals surface area contributed by atoms with Gasteiger partial charge in [-0.25, -0.2) is 4.79 Å². The third-order valence-electron chi connectivity index (χ3n) is 5.75. The van der Waals surface area contributed by atoms with Crippen molar-refractivity contribution in [1.29, 1.82) is 5.26 Å². The van der Waals surface area contributed by atoms with Crippen molar-refractivity contribution in [3.05, 3.63) is 71.8 Å². The maximum absolute atomic E-state index is 12.9. The summed E-state index contributed by atoms with van der Waals surface area (Å²) in [4.78, 5) is 25.0. The lowest BCUT2D eigenvalue weighted by molar-refractivity contribution is -0.149. The van der Waals surface area contributed by atoms with E-state index in [1.807, 2.05) is 44.2 Å². The predicted octanol–water partition coefficient (Wildman–Crippen LogP) is 5.76. The Labute approximate surface area is 194 Å². The minimum atomic E-state index is -1.06. The maximum atomic E-state index is 12.9. The number of carbonyl (C=O) groups is 2. The Morgan fingerprint density at radius 1 is 1.03 bits per heavy atom. The molecule has 0 bridgehead atoms. The number of hydrogen-bond donors (Lipinski definition) is 0. The van der Waals surface area contributed by atoms with E-state index in [0.717, 1.165) is 0 Å². The van der Waals surface area contributed by atoms with Crippen LogP contribution in [0.2, 0.25) is 0 Å². The van der Waals surface area contributed by atoms with E-state index >= 15 is 0 Å². The standard InChI is InChI=1S/C27H29NO5/c1-17(2)31-25(29)18(3)14-22-24(27(22,4)5)26(30)33-23(16-28)19-10-9-13-21(15-19)32-20-11-7-6-8-12-20/h6-15,17,22-24H,1-5H3/b18-14+. The average molecular weight is 448 g/mol. The van der Waals surface area contributed by atoms with Gasteiger partial charge in [-0.05, 0) is 56.4 Å². The van der Waals surface area contributed by atoms with Gasteiger partial charge in [-0.2, -0.15) is 5.26 Å². The Bertz CT molecular complexity index is 1080. The molecular weight excluding hydrogens is 418 g/mol. The van der Waals surface area contributed by atoms with Crippen molar-refractivity contribution >= 4 is 11.9 Å². The van der Waals surface area contributed by atoms with E-state index in [4.69, 9.17) is 14.2 Å². The van der Waals surface area contributed by atoms with E-state index in [-0.39, 0.29) is 17.4 Å². The van der Waals surface area contributed by atoms with E-state index in [2.05, 4.69) is 6.07 Å². The van der Waals surface area contributed by atoms with Crippen LogP contribution in [0, 0.1) is 28.6 Å². The summed E-state index contributed by atoms with van der Waals surface area (Å²) in [5, 5.41) is 9.67. The van der Waals surface area contributed by atoms with E-state index in [0.29, 0.717) is 22.6 Å². The number of allylic oxidation sites excluding steroid dienone is 1. The van der Waals surface area contributed by atoms with Gasteiger partial charge in [0.15, 0.2) is 0 Å². The van der Waals surface area contributed by atoms with E-state index in [1.165, 1.54) is 0 Å². The molecule has 1 saturated carbocycles. The van der Waals surface area contributed by atoms with Crippen LogP contribution in [0.5, 0.6) is 11.5 Å². The largest absolute Gasteiger partial charge is 0.460 e. The zero-order valence-electron chi connectivity index (χ0n) is 19.6. The molecule has 1 fully saturated rings. The quantitative estimate of drug-likeness (QED) is 0.378. The summed E-state index contributed by atoms with van der Waals surface area (Å²) in [5.41, 5.74) is 0.607. The fraction of sp³-hybridized carbons (Fsp3) is 0.370. The lowest BCUT2D eigenvalue weighted by Crippen LogP contribution is -2.15. The van der Waals surface area contributed by atoms with Gasteiger partial charge in [-0.1, -0.05) is 50.3 Å². The summed E-state index contributed by atoms with van der Waals surface area (Å²) in [6, 6.07) is 18.3. The molecule has 2 aromatic rings. The molecule has 0 amide bonds. The van der Waals surface area contributed by atoms with Gasteiger partial charge in [-0.3, -0.25) is 4.79 Å². The molecular formula is C27H29NO5. The second-order valence-electron chi connectivity index (χ2n) is 9.06. The predicted molar refractivity (Wildman–Crippen MR) is 123 cm³/mol. The number of benzene rings is 2. The molecule has 0 N–H and O–H groups in total. The topological polar surface area (TPSA) is 85.6 Å². The van der Waals surface area contributed by atoms with E-state index in [1.54, 1.807) is 51.1 Å². The minimum Gasteiger partial charge on any atom is -0.460 e. The number of rotatable bonds is 8. The normalized spacial score (nSPS) is 19.8. The van der Waals surface area contributed by atoms with Crippen molar-refractivity contribution in [3.63, 3.8) is 0 Å². The molecule has 0 heterocycles. The molecule has 6 nitrogen and oxygen atoms in total. The Kier molecular flexibility index (Phi) is 7.23. The third-order valence-corrected chi connectivity index (χ3v) is 5.75. The van der Waals surface area contributed by atoms with Crippen molar-refractivity contribution in [2.45, 2.75) is 46.8 Å². The number of nitrogens with zero attached hydrogens (tertiary/aromatic N) is 1. The van der Waals surface area contributed by atoms with Crippen molar-refractivity contribution in [2.75, 3.05) is 0 Å². The molecule has 0 saturated heterocycles. The Hall–Kier alpha value is -3.59. The summed E-state index contributed by atoms with van der Waals surface area (Å²) in [6.07, 6.45) is 0.489. The smallest absolute Gasteiger partial charge is 0.333 e. The molecule has 0 aromatic heterocycles. The van der Waals surface area contributed by atoms with Gasteiger partial charge in [0.05, 0.1) is 12.0 Å². The van der Waals surface area contributed by atoms with Gasteiger partial charge >= 0.3 is 11.9 Å². The summed E-state index contributed by atoms with van der Waals surface area (Å²) in [7, 11) is 0. The molecule has 2 aromatic carbocycles. The first-order valence-corrected chi connectivity index (χ1v) is 11.0. The molecule has 0 spiro atoms. The Morgan fingerprint density at radius 3 is 2.33 bits per heavy atom. The molecule has 172 valence electrons. The second-order valence-corrected chi connectivity index (χ2v) is 9.06. The van der Waals surface area contributed by atoms with Crippen LogP contribution in [-0.2, 0) is 19.1 Å². The summed E-state index contributed by atoms with van der Waals surface area (Å²) in [5.74, 6) is -0.268. The SMILES string of the molecule is C/C(=C\C1C(C(=O)OC(C#N)c2cccc(Oc3ccccc3)c2)C1(C)C)C(=O)OC(C)C. The molecule has 3 atom stereocenters. The first kappa shape index (κ1) is 24.1. The number of hydrogen-bond acceptors (Lipinski definition) is 6. The van der Waals surface area contributed by atoms with Crippen molar-refractivity contribution in [2.24, 2.45) is 17.3 Å². The van der Waals surface area contributed by atoms with E-state index < -0.39 is 24.0 Å². The zero-order chi connectivity index (χ0) is 24.2. The molecule has 33 heavy (non-hydrogen) atoms. The molecule has 3 rings (SSSR count). The summed E-state index contributed by atoms with van der Waals surface area (Å²) >= 11 is 0. The molecule has 1 aliphatic rings. The van der Waals surface area contributed by atoms with Crippen LogP contribution in [0.15, 0.2) is 66.2 Å². The molecule has 6 heteroatoms. The lowest BCUT2D eigenvalue weighted by atomic mass is 10.1. The van der Waals surface area contributed by atoms with Gasteiger partial charge in [0.2, 0.25) is 6.10 Å². The van der Waals surface area contributed by atoms with Crippen LogP contribution >= 0.6 is 0 Å². The highest BCUT2D eigenvalue weighted by Crippen LogP contribution is 2.60. The molecule has 1 aliphatic carbocycles. The van der Waals surface area contributed by atoms with Gasteiger partial charge < -0.3 is 14.2 Å². The fourth-order valence-corrected chi connectivity index (χ4v) is 3.81. The zero-order valence-corrected chi connectivity index (χ0v) is 19.6. The second kappa shape index (κ2) is 9.91. The Balaban J connectivity index is 1.69. The Morgan fingerprint density at radius 2 is 1.70 bits per heavy atom. The van der Waals surface area contributed by atoms with Crippen LogP contribution in [0.1, 0.15) is 46.3 Å². The molecule has 0 aliphatic heterocycles. The first-order valence-electron chi connectivity index (χ1n) is 11.0. The fourth-order valence-electron chi connectivity index (χ4n) is 3.81. The van der Waals surface area contributed by atoms with Crippen LogP contribution in [0.4, 0.5) is 0 Å². The van der Waals surface area contributed by atoms with Crippen LogP contribution in [0.3, 0.4) is 0 Å². The highest BCUT2D eigenvalue weighted by molar-refractivity contribution is 5.88.